The molecule has 1 aliphatic heterocycles. The number of anilines is 1. The molecule has 282 valence electrons. The number of ether oxygens (including phenoxy) is 3. The van der Waals surface area contributed by atoms with E-state index >= 15 is 0 Å². The summed E-state index contributed by atoms with van der Waals surface area (Å²) in [5, 5.41) is 11.6. The van der Waals surface area contributed by atoms with Crippen LogP contribution in [0.3, 0.4) is 0 Å². The van der Waals surface area contributed by atoms with Gasteiger partial charge < -0.3 is 29.5 Å². The van der Waals surface area contributed by atoms with Gasteiger partial charge in [0.15, 0.2) is 0 Å². The van der Waals surface area contributed by atoms with E-state index in [1.807, 2.05) is 32.0 Å². The first-order valence-corrected chi connectivity index (χ1v) is 17.9. The lowest BCUT2D eigenvalue weighted by Crippen LogP contribution is -2.53. The minimum atomic E-state index is -1.33. The van der Waals surface area contributed by atoms with E-state index in [0.717, 1.165) is 36.1 Å². The van der Waals surface area contributed by atoms with E-state index in [4.69, 9.17) is 19.3 Å². The Hall–Kier alpha value is -5.00. The van der Waals surface area contributed by atoms with Crippen LogP contribution >= 0.6 is 0 Å². The number of amides is 2. The summed E-state index contributed by atoms with van der Waals surface area (Å²) in [4.78, 5) is 77.9. The lowest BCUT2D eigenvalue weighted by atomic mass is 9.87. The number of Topliss-reactive ketones (excluding diaryl/α,β-unsaturated/α-hetero) is 1. The molecule has 1 fully saturated rings. The number of carboxylic acid groups (broad SMARTS) is 1. The third-order valence-electron chi connectivity index (χ3n) is 8.93. The molecular formula is C40H52N2O10. The number of likely N-dealkylation sites (tertiary alicyclic amines) is 1. The molecule has 0 radical (unpaired) electrons. The predicted molar refractivity (Wildman–Crippen MR) is 195 cm³/mol. The van der Waals surface area contributed by atoms with E-state index in [-0.39, 0.29) is 26.0 Å². The van der Waals surface area contributed by atoms with Crippen molar-refractivity contribution in [1.29, 1.82) is 0 Å². The molecule has 2 N–H and O–H groups in total. The molecule has 0 unspecified atom stereocenters. The van der Waals surface area contributed by atoms with Crippen LogP contribution in [-0.4, -0.2) is 71.8 Å². The Morgan fingerprint density at radius 2 is 1.83 bits per heavy atom. The monoisotopic (exact) mass is 720 g/mol. The number of carboxylic acids is 1. The molecule has 52 heavy (non-hydrogen) atoms. The smallest absolute Gasteiger partial charge is 0.330 e. The maximum atomic E-state index is 13.9. The van der Waals surface area contributed by atoms with Gasteiger partial charge in [-0.1, -0.05) is 50.1 Å². The van der Waals surface area contributed by atoms with E-state index < -0.39 is 53.1 Å². The Labute approximate surface area is 305 Å². The van der Waals surface area contributed by atoms with E-state index in [2.05, 4.69) is 5.32 Å². The molecular weight excluding hydrogens is 668 g/mol. The van der Waals surface area contributed by atoms with Gasteiger partial charge in [0.25, 0.3) is 5.91 Å². The topological polar surface area (TPSA) is 166 Å². The van der Waals surface area contributed by atoms with Crippen LogP contribution in [0.2, 0.25) is 0 Å². The highest BCUT2D eigenvalue weighted by Gasteiger charge is 2.42. The van der Waals surface area contributed by atoms with E-state index in [1.165, 1.54) is 24.8 Å². The fraction of sp³-hybridized carbons (Fsp3) is 0.500. The molecule has 3 rings (SSSR count). The summed E-state index contributed by atoms with van der Waals surface area (Å²) in [6.07, 6.45) is 6.77. The Bertz CT molecular complexity index is 1610. The second-order valence-corrected chi connectivity index (χ2v) is 13.7. The van der Waals surface area contributed by atoms with Gasteiger partial charge in [-0.05, 0) is 94.2 Å². The first-order valence-electron chi connectivity index (χ1n) is 17.9. The molecule has 0 aromatic heterocycles. The molecule has 0 saturated carbocycles. The molecule has 0 spiro atoms. The highest BCUT2D eigenvalue weighted by molar-refractivity contribution is 6.38. The maximum Gasteiger partial charge on any atom is 0.330 e. The number of methoxy groups -OCH3 is 1. The third kappa shape index (κ3) is 12.6. The average Bonchev–Trinajstić information content (AvgIpc) is 3.13. The second kappa shape index (κ2) is 20.1. The van der Waals surface area contributed by atoms with Gasteiger partial charge in [0, 0.05) is 24.7 Å². The SMILES string of the molecule is CCCC/C=C/C(=O)OCC(C)(C)C(=O)C(=O)N1CCCC[C@H]1C(=O)O[C@H](CCc1ccc(C)c(OC)c1)c1cccc(NC(=O)CCC(=O)O)c1. The lowest BCUT2D eigenvalue weighted by Gasteiger charge is -2.36. The van der Waals surface area contributed by atoms with E-state index in [0.29, 0.717) is 43.4 Å². The molecule has 2 atom stereocenters. The Kier molecular flexibility index (Phi) is 16.0. The number of aliphatic carboxylic acids is 1. The van der Waals surface area contributed by atoms with Crippen LogP contribution in [0.1, 0.15) is 101 Å². The molecule has 12 heteroatoms. The first-order chi connectivity index (χ1) is 24.7. The molecule has 12 nitrogen and oxygen atoms in total. The predicted octanol–water partition coefficient (Wildman–Crippen LogP) is 6.29. The van der Waals surface area contributed by atoms with Gasteiger partial charge >= 0.3 is 17.9 Å². The van der Waals surface area contributed by atoms with Gasteiger partial charge in [0.05, 0.1) is 18.9 Å². The number of hydrogen-bond donors (Lipinski definition) is 2. The average molecular weight is 721 g/mol. The summed E-state index contributed by atoms with van der Waals surface area (Å²) in [5.74, 6) is -3.70. The highest BCUT2D eigenvalue weighted by atomic mass is 16.5. The number of carbonyl (C=O) groups is 6. The van der Waals surface area contributed by atoms with Crippen molar-refractivity contribution >= 4 is 41.2 Å². The number of esters is 2. The fourth-order valence-electron chi connectivity index (χ4n) is 5.80. The first kappa shape index (κ1) is 41.4. The number of nitrogens with zero attached hydrogens (tertiary/aromatic N) is 1. The van der Waals surface area contributed by atoms with Crippen molar-refractivity contribution in [3.05, 3.63) is 71.3 Å². The van der Waals surface area contributed by atoms with Gasteiger partial charge in [-0.25, -0.2) is 9.59 Å². The number of hydrogen-bond acceptors (Lipinski definition) is 9. The number of unbranched alkanes of at least 4 members (excludes halogenated alkanes) is 2. The van der Waals surface area contributed by atoms with Crippen molar-refractivity contribution in [2.45, 2.75) is 104 Å². The fourth-order valence-corrected chi connectivity index (χ4v) is 5.80. The van der Waals surface area contributed by atoms with Crippen LogP contribution in [0, 0.1) is 12.3 Å². The van der Waals surface area contributed by atoms with Crippen molar-refractivity contribution < 1.29 is 48.1 Å². The Morgan fingerprint density at radius 3 is 2.54 bits per heavy atom. The summed E-state index contributed by atoms with van der Waals surface area (Å²) in [7, 11) is 1.59. The lowest BCUT2D eigenvalue weighted by molar-refractivity contribution is -0.165. The number of allylic oxidation sites excluding steroid dienone is 1. The van der Waals surface area contributed by atoms with Crippen LogP contribution in [0.25, 0.3) is 0 Å². The van der Waals surface area contributed by atoms with Crippen molar-refractivity contribution in [3.63, 3.8) is 0 Å². The number of nitrogens with one attached hydrogen (secondary N) is 1. The summed E-state index contributed by atoms with van der Waals surface area (Å²) in [6.45, 7) is 6.93. The van der Waals surface area contributed by atoms with Gasteiger partial charge in [-0.2, -0.15) is 0 Å². The molecule has 2 aromatic rings. The van der Waals surface area contributed by atoms with Crippen LogP contribution < -0.4 is 10.1 Å². The number of piperidine rings is 1. The molecule has 1 heterocycles. The Balaban J connectivity index is 1.80. The van der Waals surface area contributed by atoms with Crippen molar-refractivity contribution in [2.24, 2.45) is 5.41 Å². The number of carbonyl (C=O) groups excluding carboxylic acids is 5. The molecule has 2 aromatic carbocycles. The summed E-state index contributed by atoms with van der Waals surface area (Å²) >= 11 is 0. The normalized spacial score (nSPS) is 15.1. The number of rotatable bonds is 19. The standard InChI is InChI=1S/C40H52N2O10/c1-6-7-8-9-16-36(46)51-26-40(3,4)37(47)38(48)42-23-11-10-15-31(42)39(49)52-32(20-19-28-18-17-27(2)33(24-28)50-5)29-13-12-14-30(25-29)41-34(43)21-22-35(44)45/h9,12-14,16-18,24-25,31-32H,6-8,10-11,15,19-23,26H2,1-5H3,(H,41,43)(H,44,45)/b16-9+/t31-,32+/m0/s1. The third-order valence-corrected chi connectivity index (χ3v) is 8.93. The Morgan fingerprint density at radius 1 is 1.06 bits per heavy atom. The van der Waals surface area contributed by atoms with Crippen LogP contribution in [0.15, 0.2) is 54.6 Å². The van der Waals surface area contributed by atoms with E-state index in [1.54, 1.807) is 37.5 Å². The molecule has 0 aliphatic carbocycles. The molecule has 2 amide bonds. The zero-order valence-corrected chi connectivity index (χ0v) is 30.9. The van der Waals surface area contributed by atoms with Crippen LogP contribution in [-0.2, 0) is 44.7 Å². The maximum absolute atomic E-state index is 13.9. The quantitative estimate of drug-likeness (QED) is 0.0729. The zero-order valence-electron chi connectivity index (χ0n) is 30.9. The molecule has 0 bridgehead atoms. The highest BCUT2D eigenvalue weighted by Crippen LogP contribution is 2.30. The van der Waals surface area contributed by atoms with Crippen molar-refractivity contribution in [3.8, 4) is 5.75 Å². The summed E-state index contributed by atoms with van der Waals surface area (Å²) in [6, 6.07) is 11.6. The molecule has 1 aliphatic rings. The van der Waals surface area contributed by atoms with E-state index in [9.17, 15) is 28.8 Å². The van der Waals surface area contributed by atoms with Crippen molar-refractivity contribution in [2.75, 3.05) is 25.6 Å². The summed E-state index contributed by atoms with van der Waals surface area (Å²) in [5.41, 5.74) is 1.58. The van der Waals surface area contributed by atoms with Gasteiger partial charge in [-0.3, -0.25) is 19.2 Å². The summed E-state index contributed by atoms with van der Waals surface area (Å²) < 4.78 is 16.9. The van der Waals surface area contributed by atoms with Crippen LogP contribution in [0.4, 0.5) is 5.69 Å². The number of ketones is 1. The number of benzene rings is 2. The zero-order chi connectivity index (χ0) is 38.3. The minimum Gasteiger partial charge on any atom is -0.496 e. The second-order valence-electron chi connectivity index (χ2n) is 13.7. The number of aryl methyl sites for hydroxylation is 2. The van der Waals surface area contributed by atoms with Gasteiger partial charge in [0.2, 0.25) is 11.7 Å². The largest absolute Gasteiger partial charge is 0.496 e. The van der Waals surface area contributed by atoms with Crippen LogP contribution in [0.5, 0.6) is 5.75 Å². The van der Waals surface area contributed by atoms with Gasteiger partial charge in [0.1, 0.15) is 24.5 Å². The molecule has 1 saturated heterocycles. The van der Waals surface area contributed by atoms with Gasteiger partial charge in [-0.15, -0.1) is 0 Å². The minimum absolute atomic E-state index is 0.187. The van der Waals surface area contributed by atoms with Crippen molar-refractivity contribution in [1.82, 2.24) is 4.90 Å².